The van der Waals surface area contributed by atoms with Gasteiger partial charge in [-0.2, -0.15) is 22.0 Å². The second-order valence-electron chi connectivity index (χ2n) is 2.56. The molecule has 0 aromatic heterocycles. The minimum Gasteiger partial charge on any atom is -0.243 e. The van der Waals surface area contributed by atoms with Gasteiger partial charge >= 0.3 is 12.1 Å². The predicted molar refractivity (Wildman–Crippen MR) is 42.3 cm³/mol. The molecule has 1 unspecified atom stereocenters. The second-order valence-corrected chi connectivity index (χ2v) is 4.07. The minimum absolute atomic E-state index is 0.220. The number of nitrogens with one attached hydrogen (secondary N) is 1. The van der Waals surface area contributed by atoms with Gasteiger partial charge in [-0.25, -0.2) is 8.93 Å². The molecule has 0 aromatic rings. The van der Waals surface area contributed by atoms with Crippen LogP contribution in [0.15, 0.2) is 0 Å². The normalized spacial score (nSPS) is 15.6. The Morgan fingerprint density at radius 3 is 2.07 bits per heavy atom. The summed E-state index contributed by atoms with van der Waals surface area (Å²) in [4.78, 5) is 0. The molecule has 0 aliphatic carbocycles. The SMILES string of the molecule is CNS(=O)CCCC(F)(F)C(F)(F)F. The van der Waals surface area contributed by atoms with Gasteiger partial charge in [0.1, 0.15) is 0 Å². The van der Waals surface area contributed by atoms with E-state index in [9.17, 15) is 26.2 Å². The Hall–Kier alpha value is -0.240. The molecule has 0 spiro atoms. The van der Waals surface area contributed by atoms with Gasteiger partial charge in [0.15, 0.2) is 0 Å². The van der Waals surface area contributed by atoms with Crippen molar-refractivity contribution in [2.75, 3.05) is 12.8 Å². The number of hydrogen-bond acceptors (Lipinski definition) is 1. The smallest absolute Gasteiger partial charge is 0.243 e. The first-order valence-corrected chi connectivity index (χ1v) is 5.03. The molecule has 0 aliphatic rings. The molecular formula is C6H10F5NOS. The van der Waals surface area contributed by atoms with Crippen molar-refractivity contribution in [1.82, 2.24) is 4.72 Å². The van der Waals surface area contributed by atoms with Crippen molar-refractivity contribution in [2.45, 2.75) is 24.9 Å². The molecule has 86 valence electrons. The van der Waals surface area contributed by atoms with Gasteiger partial charge in [-0.05, 0) is 13.5 Å². The highest BCUT2D eigenvalue weighted by molar-refractivity contribution is 7.82. The largest absolute Gasteiger partial charge is 0.453 e. The summed E-state index contributed by atoms with van der Waals surface area (Å²) in [6.45, 7) is 0. The molecule has 2 nitrogen and oxygen atoms in total. The van der Waals surface area contributed by atoms with Crippen LogP contribution in [0.4, 0.5) is 22.0 Å². The Morgan fingerprint density at radius 1 is 1.21 bits per heavy atom. The zero-order valence-corrected chi connectivity index (χ0v) is 8.14. The molecule has 0 saturated carbocycles. The van der Waals surface area contributed by atoms with Crippen molar-refractivity contribution < 1.29 is 26.2 Å². The van der Waals surface area contributed by atoms with Crippen LogP contribution < -0.4 is 4.72 Å². The van der Waals surface area contributed by atoms with Crippen molar-refractivity contribution in [2.24, 2.45) is 0 Å². The van der Waals surface area contributed by atoms with Crippen molar-refractivity contribution >= 4 is 11.0 Å². The van der Waals surface area contributed by atoms with Crippen LogP contribution in [0.5, 0.6) is 0 Å². The van der Waals surface area contributed by atoms with Gasteiger partial charge < -0.3 is 0 Å². The number of rotatable bonds is 5. The predicted octanol–water partition coefficient (Wildman–Crippen LogP) is 1.85. The van der Waals surface area contributed by atoms with Crippen LogP contribution in [0.3, 0.4) is 0 Å². The maximum Gasteiger partial charge on any atom is 0.453 e. The van der Waals surface area contributed by atoms with E-state index >= 15 is 0 Å². The first-order valence-electron chi connectivity index (χ1n) is 3.71. The summed E-state index contributed by atoms with van der Waals surface area (Å²) >= 11 is 0. The highest BCUT2D eigenvalue weighted by Crippen LogP contribution is 2.38. The zero-order chi connectivity index (χ0) is 11.4. The van der Waals surface area contributed by atoms with Gasteiger partial charge in [0, 0.05) is 12.2 Å². The molecule has 1 N–H and O–H groups in total. The van der Waals surface area contributed by atoms with E-state index in [4.69, 9.17) is 0 Å². The third-order valence-electron chi connectivity index (χ3n) is 1.46. The molecule has 0 aliphatic heterocycles. The van der Waals surface area contributed by atoms with E-state index in [1.54, 1.807) is 0 Å². The van der Waals surface area contributed by atoms with E-state index in [2.05, 4.69) is 4.72 Å². The number of halogens is 5. The van der Waals surface area contributed by atoms with Gasteiger partial charge in [0.25, 0.3) is 0 Å². The van der Waals surface area contributed by atoms with E-state index in [0.29, 0.717) is 0 Å². The standard InChI is InChI=1S/C6H10F5NOS/c1-12-14(13)4-2-3-5(7,8)6(9,10)11/h12H,2-4H2,1H3. The lowest BCUT2D eigenvalue weighted by Gasteiger charge is -2.18. The van der Waals surface area contributed by atoms with Crippen molar-refractivity contribution in [3.63, 3.8) is 0 Å². The molecule has 0 rings (SSSR count). The van der Waals surface area contributed by atoms with Crippen LogP contribution in [-0.2, 0) is 11.0 Å². The van der Waals surface area contributed by atoms with Gasteiger partial charge in [-0.1, -0.05) is 0 Å². The van der Waals surface area contributed by atoms with Gasteiger partial charge in [-0.15, -0.1) is 0 Å². The summed E-state index contributed by atoms with van der Waals surface area (Å²) in [6.07, 6.45) is -7.29. The van der Waals surface area contributed by atoms with Crippen molar-refractivity contribution in [3.8, 4) is 0 Å². The van der Waals surface area contributed by atoms with Crippen LogP contribution in [0, 0.1) is 0 Å². The van der Waals surface area contributed by atoms with E-state index in [1.807, 2.05) is 0 Å². The first-order chi connectivity index (χ1) is 6.20. The summed E-state index contributed by atoms with van der Waals surface area (Å²) < 4.78 is 72.1. The third kappa shape index (κ3) is 4.32. The Bertz CT molecular complexity index is 205. The maximum absolute atomic E-state index is 12.2. The Morgan fingerprint density at radius 2 is 1.71 bits per heavy atom. The second kappa shape index (κ2) is 5.01. The van der Waals surface area contributed by atoms with Crippen molar-refractivity contribution in [1.29, 1.82) is 0 Å². The fourth-order valence-electron chi connectivity index (χ4n) is 0.669. The van der Waals surface area contributed by atoms with Crippen LogP contribution in [0.25, 0.3) is 0 Å². The van der Waals surface area contributed by atoms with E-state index in [0.717, 1.165) is 0 Å². The maximum atomic E-state index is 12.2. The van der Waals surface area contributed by atoms with Crippen LogP contribution in [-0.4, -0.2) is 29.1 Å². The van der Waals surface area contributed by atoms with Gasteiger partial charge in [0.05, 0.1) is 11.0 Å². The average molecular weight is 239 g/mol. The van der Waals surface area contributed by atoms with E-state index in [1.165, 1.54) is 7.05 Å². The summed E-state index contributed by atoms with van der Waals surface area (Å²) in [5, 5.41) is 0. The van der Waals surface area contributed by atoms with Crippen LogP contribution >= 0.6 is 0 Å². The average Bonchev–Trinajstić information content (AvgIpc) is 2.01. The highest BCUT2D eigenvalue weighted by atomic mass is 32.2. The topological polar surface area (TPSA) is 29.1 Å². The molecule has 0 heterocycles. The lowest BCUT2D eigenvalue weighted by molar-refractivity contribution is -0.284. The summed E-state index contributed by atoms with van der Waals surface area (Å²) in [6, 6.07) is 0. The quantitative estimate of drug-likeness (QED) is 0.729. The van der Waals surface area contributed by atoms with Crippen molar-refractivity contribution in [3.05, 3.63) is 0 Å². The fourth-order valence-corrected chi connectivity index (χ4v) is 1.28. The Kier molecular flexibility index (Phi) is 4.93. The molecule has 14 heavy (non-hydrogen) atoms. The fraction of sp³-hybridized carbons (Fsp3) is 1.00. The molecule has 0 radical (unpaired) electrons. The molecule has 0 saturated heterocycles. The first kappa shape index (κ1) is 13.8. The van der Waals surface area contributed by atoms with Crippen LogP contribution in [0.1, 0.15) is 12.8 Å². The highest BCUT2D eigenvalue weighted by Gasteiger charge is 2.56. The molecule has 0 fully saturated rings. The molecule has 0 bridgehead atoms. The molecule has 0 aromatic carbocycles. The summed E-state index contributed by atoms with van der Waals surface area (Å²) in [5.41, 5.74) is 0. The van der Waals surface area contributed by atoms with Gasteiger partial charge in [-0.3, -0.25) is 0 Å². The number of alkyl halides is 5. The van der Waals surface area contributed by atoms with E-state index < -0.39 is 35.9 Å². The Labute approximate surface area is 80.5 Å². The monoisotopic (exact) mass is 239 g/mol. The minimum atomic E-state index is -5.52. The molecule has 1 atom stereocenters. The zero-order valence-electron chi connectivity index (χ0n) is 7.33. The number of hydrogen-bond donors (Lipinski definition) is 1. The molecule has 8 heteroatoms. The summed E-state index contributed by atoms with van der Waals surface area (Å²) in [5.74, 6) is -4.91. The van der Waals surface area contributed by atoms with E-state index in [-0.39, 0.29) is 5.75 Å². The summed E-state index contributed by atoms with van der Waals surface area (Å²) in [7, 11) is -0.208. The van der Waals surface area contributed by atoms with Crippen LogP contribution in [0.2, 0.25) is 0 Å². The lowest BCUT2D eigenvalue weighted by atomic mass is 10.2. The third-order valence-corrected chi connectivity index (χ3v) is 2.58. The molecular weight excluding hydrogens is 229 g/mol. The molecule has 0 amide bonds. The van der Waals surface area contributed by atoms with Gasteiger partial charge in [0.2, 0.25) is 0 Å². The lowest BCUT2D eigenvalue weighted by Crippen LogP contribution is -2.36. The Balaban J connectivity index is 3.95.